The molecule has 0 unspecified atom stereocenters. The predicted molar refractivity (Wildman–Crippen MR) is 80.1 cm³/mol. The maximum absolute atomic E-state index is 12.0. The zero-order chi connectivity index (χ0) is 15.0. The fraction of sp³-hybridized carbons (Fsp3) is 0.538. The van der Waals surface area contributed by atoms with Crippen LogP contribution >= 0.6 is 27.7 Å². The van der Waals surface area contributed by atoms with Gasteiger partial charge in [-0.3, -0.25) is 0 Å². The number of rotatable bonds is 8. The van der Waals surface area contributed by atoms with E-state index in [1.54, 1.807) is 6.07 Å². The average molecular weight is 372 g/mol. The van der Waals surface area contributed by atoms with E-state index in [9.17, 15) is 13.2 Å². The van der Waals surface area contributed by atoms with Crippen molar-refractivity contribution in [1.82, 2.24) is 5.32 Å². The molecule has 1 aromatic rings. The number of hydrogen-bond acceptors (Lipinski definition) is 3. The molecule has 7 heteroatoms. The standard InChI is InChI=1S/C13H17BrF3NOS/c1-2-5-18-9-10-3-4-12(11(14)8-10)19-6-7-20-13(15,16)17/h3-4,8,18H,2,5-7,9H2,1H3. The lowest BCUT2D eigenvalue weighted by Gasteiger charge is -2.11. The van der Waals surface area contributed by atoms with Gasteiger partial charge in [0.05, 0.1) is 11.1 Å². The maximum Gasteiger partial charge on any atom is 0.441 e. The molecule has 114 valence electrons. The van der Waals surface area contributed by atoms with Gasteiger partial charge >= 0.3 is 5.51 Å². The molecule has 0 aliphatic carbocycles. The van der Waals surface area contributed by atoms with E-state index in [-0.39, 0.29) is 24.1 Å². The van der Waals surface area contributed by atoms with Crippen molar-refractivity contribution >= 4 is 27.7 Å². The summed E-state index contributed by atoms with van der Waals surface area (Å²) in [5.74, 6) is 0.447. The molecular weight excluding hydrogens is 355 g/mol. The SMILES string of the molecule is CCCNCc1ccc(OCCSC(F)(F)F)c(Br)c1. The Morgan fingerprint density at radius 1 is 1.35 bits per heavy atom. The summed E-state index contributed by atoms with van der Waals surface area (Å²) in [6, 6.07) is 5.58. The Labute approximate surface area is 129 Å². The molecule has 1 N–H and O–H groups in total. The quantitative estimate of drug-likeness (QED) is 0.675. The third-order valence-corrected chi connectivity index (χ3v) is 3.68. The lowest BCUT2D eigenvalue weighted by atomic mass is 10.2. The third-order valence-electron chi connectivity index (χ3n) is 2.36. The van der Waals surface area contributed by atoms with Crippen LogP contribution < -0.4 is 10.1 Å². The third kappa shape index (κ3) is 7.40. The minimum Gasteiger partial charge on any atom is -0.492 e. The smallest absolute Gasteiger partial charge is 0.441 e. The number of ether oxygens (including phenoxy) is 1. The van der Waals surface area contributed by atoms with Crippen LogP contribution in [0, 0.1) is 0 Å². The van der Waals surface area contributed by atoms with Crippen molar-refractivity contribution in [2.45, 2.75) is 25.4 Å². The van der Waals surface area contributed by atoms with Crippen LogP contribution in [-0.2, 0) is 6.54 Å². The highest BCUT2D eigenvalue weighted by molar-refractivity contribution is 9.10. The molecule has 0 spiro atoms. The van der Waals surface area contributed by atoms with Crippen LogP contribution in [0.15, 0.2) is 22.7 Å². The van der Waals surface area contributed by atoms with Crippen molar-refractivity contribution in [3.63, 3.8) is 0 Å². The normalized spacial score (nSPS) is 11.7. The summed E-state index contributed by atoms with van der Waals surface area (Å²) in [6.45, 7) is 3.83. The predicted octanol–water partition coefficient (Wildman–Crippen LogP) is 4.58. The summed E-state index contributed by atoms with van der Waals surface area (Å²) >= 11 is 3.29. The highest BCUT2D eigenvalue weighted by Crippen LogP contribution is 2.30. The van der Waals surface area contributed by atoms with Crippen LogP contribution in [0.5, 0.6) is 5.75 Å². The van der Waals surface area contributed by atoms with Gasteiger partial charge in [-0.05, 0) is 58.4 Å². The summed E-state index contributed by atoms with van der Waals surface area (Å²) in [5.41, 5.74) is -3.10. The van der Waals surface area contributed by atoms with Crippen molar-refractivity contribution in [2.75, 3.05) is 18.9 Å². The maximum atomic E-state index is 12.0. The van der Waals surface area contributed by atoms with Crippen LogP contribution in [0.2, 0.25) is 0 Å². The van der Waals surface area contributed by atoms with Crippen molar-refractivity contribution in [2.24, 2.45) is 0 Å². The van der Waals surface area contributed by atoms with Crippen LogP contribution in [-0.4, -0.2) is 24.4 Å². The minimum absolute atomic E-state index is 0.0240. The fourth-order valence-electron chi connectivity index (χ4n) is 1.49. The molecule has 0 atom stereocenters. The average Bonchev–Trinajstić information content (AvgIpc) is 2.36. The summed E-state index contributed by atoms with van der Waals surface area (Å²) in [6.07, 6.45) is 1.07. The Morgan fingerprint density at radius 3 is 2.70 bits per heavy atom. The van der Waals surface area contributed by atoms with Gasteiger partial charge in [0, 0.05) is 12.3 Å². The highest BCUT2D eigenvalue weighted by Gasteiger charge is 2.27. The lowest BCUT2D eigenvalue weighted by Crippen LogP contribution is -2.13. The summed E-state index contributed by atoms with van der Waals surface area (Å²) < 4.78 is 41.9. The van der Waals surface area contributed by atoms with Gasteiger partial charge in [0.2, 0.25) is 0 Å². The van der Waals surface area contributed by atoms with E-state index in [1.807, 2.05) is 12.1 Å². The van der Waals surface area contributed by atoms with E-state index in [0.29, 0.717) is 5.75 Å². The number of hydrogen-bond donors (Lipinski definition) is 1. The number of halogens is 4. The second-order valence-electron chi connectivity index (χ2n) is 4.08. The van der Waals surface area contributed by atoms with Crippen molar-refractivity contribution in [3.05, 3.63) is 28.2 Å². The minimum atomic E-state index is -4.20. The molecule has 0 heterocycles. The van der Waals surface area contributed by atoms with Gasteiger partial charge in [-0.25, -0.2) is 0 Å². The molecule has 0 saturated heterocycles. The monoisotopic (exact) mass is 371 g/mol. The Kier molecular flexibility index (Phi) is 7.76. The zero-order valence-electron chi connectivity index (χ0n) is 11.1. The summed E-state index contributed by atoms with van der Waals surface area (Å²) in [7, 11) is 0. The second-order valence-corrected chi connectivity index (χ2v) is 6.10. The van der Waals surface area contributed by atoms with E-state index in [4.69, 9.17) is 4.74 Å². The Bertz CT molecular complexity index is 415. The van der Waals surface area contributed by atoms with Crippen LogP contribution in [0.3, 0.4) is 0 Å². The van der Waals surface area contributed by atoms with E-state index >= 15 is 0 Å². The first-order valence-electron chi connectivity index (χ1n) is 6.25. The molecule has 0 radical (unpaired) electrons. The molecule has 20 heavy (non-hydrogen) atoms. The molecule has 0 aliphatic heterocycles. The van der Waals surface area contributed by atoms with Gasteiger partial charge < -0.3 is 10.1 Å². The number of benzene rings is 1. The van der Waals surface area contributed by atoms with E-state index in [1.165, 1.54) is 0 Å². The van der Waals surface area contributed by atoms with Gasteiger partial charge in [-0.2, -0.15) is 13.2 Å². The molecule has 0 saturated carbocycles. The molecule has 2 nitrogen and oxygen atoms in total. The fourth-order valence-corrected chi connectivity index (χ4v) is 2.43. The highest BCUT2D eigenvalue weighted by atomic mass is 79.9. The summed E-state index contributed by atoms with van der Waals surface area (Å²) in [5, 5.41) is 3.28. The topological polar surface area (TPSA) is 21.3 Å². The first-order valence-corrected chi connectivity index (χ1v) is 8.03. The second kappa shape index (κ2) is 8.79. The molecule has 1 aromatic carbocycles. The lowest BCUT2D eigenvalue weighted by molar-refractivity contribution is -0.0329. The Morgan fingerprint density at radius 2 is 2.10 bits per heavy atom. The molecule has 0 aromatic heterocycles. The Balaban J connectivity index is 2.39. The van der Waals surface area contributed by atoms with E-state index in [0.717, 1.165) is 29.5 Å². The number of nitrogens with one attached hydrogen (secondary N) is 1. The van der Waals surface area contributed by atoms with E-state index < -0.39 is 5.51 Å². The Hall–Kier alpha value is -0.400. The van der Waals surface area contributed by atoms with Gasteiger partial charge in [-0.1, -0.05) is 13.0 Å². The first kappa shape index (κ1) is 17.7. The molecular formula is C13H17BrF3NOS. The molecule has 0 amide bonds. The van der Waals surface area contributed by atoms with Crippen LogP contribution in [0.1, 0.15) is 18.9 Å². The molecule has 0 bridgehead atoms. The molecule has 1 rings (SSSR count). The van der Waals surface area contributed by atoms with Crippen LogP contribution in [0.25, 0.3) is 0 Å². The van der Waals surface area contributed by atoms with Gasteiger partial charge in [0.25, 0.3) is 0 Å². The number of thioether (sulfide) groups is 1. The molecule has 0 aliphatic rings. The van der Waals surface area contributed by atoms with Crippen molar-refractivity contribution in [1.29, 1.82) is 0 Å². The first-order chi connectivity index (χ1) is 9.42. The van der Waals surface area contributed by atoms with Gasteiger partial charge in [-0.15, -0.1) is 0 Å². The largest absolute Gasteiger partial charge is 0.492 e. The zero-order valence-corrected chi connectivity index (χ0v) is 13.5. The molecule has 0 fully saturated rings. The van der Waals surface area contributed by atoms with E-state index in [2.05, 4.69) is 28.2 Å². The number of alkyl halides is 3. The van der Waals surface area contributed by atoms with Crippen LogP contribution in [0.4, 0.5) is 13.2 Å². The van der Waals surface area contributed by atoms with Crippen molar-refractivity contribution < 1.29 is 17.9 Å². The van der Waals surface area contributed by atoms with Crippen molar-refractivity contribution in [3.8, 4) is 5.75 Å². The van der Waals surface area contributed by atoms with Gasteiger partial charge in [0.1, 0.15) is 5.75 Å². The summed E-state index contributed by atoms with van der Waals surface area (Å²) in [4.78, 5) is 0. The van der Waals surface area contributed by atoms with Gasteiger partial charge in [0.15, 0.2) is 0 Å².